The molecule has 170 valence electrons. The van der Waals surface area contributed by atoms with Crippen LogP contribution in [-0.2, 0) is 4.79 Å². The summed E-state index contributed by atoms with van der Waals surface area (Å²) in [5, 5.41) is 5.95. The van der Waals surface area contributed by atoms with Crippen LogP contribution in [0.4, 0.5) is 11.4 Å². The fourth-order valence-corrected chi connectivity index (χ4v) is 3.74. The molecule has 0 unspecified atom stereocenters. The Labute approximate surface area is 194 Å². The molecule has 2 N–H and O–H groups in total. The van der Waals surface area contributed by atoms with Gasteiger partial charge in [0, 0.05) is 49.5 Å². The number of methoxy groups -OCH3 is 1. The van der Waals surface area contributed by atoms with Crippen LogP contribution in [0.1, 0.15) is 30.6 Å². The quantitative estimate of drug-likeness (QED) is 0.651. The van der Waals surface area contributed by atoms with Gasteiger partial charge in [0.05, 0.1) is 7.11 Å². The molecule has 0 saturated carbocycles. The van der Waals surface area contributed by atoms with E-state index in [2.05, 4.69) is 29.4 Å². The van der Waals surface area contributed by atoms with Crippen LogP contribution >= 0.6 is 12.2 Å². The molecule has 0 atom stereocenters. The van der Waals surface area contributed by atoms with Gasteiger partial charge in [-0.2, -0.15) is 0 Å². The van der Waals surface area contributed by atoms with Gasteiger partial charge in [-0.25, -0.2) is 0 Å². The lowest BCUT2D eigenvalue weighted by atomic mass is 10.1. The van der Waals surface area contributed by atoms with Crippen LogP contribution in [0.3, 0.4) is 0 Å². The smallest absolute Gasteiger partial charge is 0.257 e. The van der Waals surface area contributed by atoms with Gasteiger partial charge in [0.15, 0.2) is 5.11 Å². The second-order valence-electron chi connectivity index (χ2n) is 8.15. The lowest BCUT2D eigenvalue weighted by Gasteiger charge is -2.36. The number of nitrogens with one attached hydrogen (secondary N) is 2. The zero-order valence-electron chi connectivity index (χ0n) is 18.8. The molecule has 0 aliphatic carbocycles. The number of hydrogen-bond acceptors (Lipinski definition) is 5. The van der Waals surface area contributed by atoms with Crippen molar-refractivity contribution in [1.82, 2.24) is 10.2 Å². The van der Waals surface area contributed by atoms with Crippen LogP contribution in [0, 0.1) is 5.92 Å². The second-order valence-corrected chi connectivity index (χ2v) is 8.56. The van der Waals surface area contributed by atoms with E-state index < -0.39 is 0 Å². The predicted molar refractivity (Wildman–Crippen MR) is 131 cm³/mol. The largest absolute Gasteiger partial charge is 0.497 e. The van der Waals surface area contributed by atoms with Gasteiger partial charge in [-0.05, 0) is 66.7 Å². The summed E-state index contributed by atoms with van der Waals surface area (Å²) in [6, 6.07) is 14.7. The number of nitrogens with zero attached hydrogens (tertiary/aromatic N) is 2. The fourth-order valence-electron chi connectivity index (χ4n) is 3.53. The molecule has 0 aromatic heterocycles. The number of piperazine rings is 1. The summed E-state index contributed by atoms with van der Waals surface area (Å²) >= 11 is 5.27. The molecule has 0 radical (unpaired) electrons. The van der Waals surface area contributed by atoms with Gasteiger partial charge in [0.2, 0.25) is 5.91 Å². The van der Waals surface area contributed by atoms with Crippen molar-refractivity contribution in [2.24, 2.45) is 5.92 Å². The van der Waals surface area contributed by atoms with Crippen molar-refractivity contribution in [3.63, 3.8) is 0 Å². The van der Waals surface area contributed by atoms with Crippen LogP contribution in [0.25, 0.3) is 0 Å². The predicted octanol–water partition coefficient (Wildman–Crippen LogP) is 3.52. The van der Waals surface area contributed by atoms with Crippen LogP contribution in [0.15, 0.2) is 48.5 Å². The molecular weight excluding hydrogens is 424 g/mol. The van der Waals surface area contributed by atoms with Crippen molar-refractivity contribution in [2.45, 2.75) is 20.3 Å². The third-order valence-corrected chi connectivity index (χ3v) is 5.49. The van der Waals surface area contributed by atoms with E-state index in [0.717, 1.165) is 37.6 Å². The summed E-state index contributed by atoms with van der Waals surface area (Å²) < 4.78 is 5.10. The highest BCUT2D eigenvalue weighted by atomic mass is 32.1. The van der Waals surface area contributed by atoms with Gasteiger partial charge in [0.25, 0.3) is 5.91 Å². The Kier molecular flexibility index (Phi) is 8.05. The van der Waals surface area contributed by atoms with E-state index in [4.69, 9.17) is 17.0 Å². The van der Waals surface area contributed by atoms with Gasteiger partial charge >= 0.3 is 0 Å². The Morgan fingerprint density at radius 3 is 2.19 bits per heavy atom. The van der Waals surface area contributed by atoms with E-state index in [-0.39, 0.29) is 16.9 Å². The molecule has 2 amide bonds. The highest BCUT2D eigenvalue weighted by Gasteiger charge is 2.21. The summed E-state index contributed by atoms with van der Waals surface area (Å²) in [4.78, 5) is 28.8. The normalized spacial score (nSPS) is 13.6. The lowest BCUT2D eigenvalue weighted by Crippen LogP contribution is -2.49. The van der Waals surface area contributed by atoms with Crippen molar-refractivity contribution in [2.75, 3.05) is 43.5 Å². The molecule has 0 spiro atoms. The molecule has 2 aromatic rings. The maximum absolute atomic E-state index is 12.3. The van der Waals surface area contributed by atoms with Crippen LogP contribution < -0.4 is 20.3 Å². The third kappa shape index (κ3) is 6.43. The topological polar surface area (TPSA) is 73.9 Å². The second kappa shape index (κ2) is 10.9. The standard InChI is InChI=1S/C24H30N4O3S/c1-17(2)16-22(29)28-14-12-27(13-15-28)20-8-6-19(7-9-20)25-24(32)26-23(30)18-4-10-21(31-3)11-5-18/h4-11,17H,12-16H2,1-3H3,(H2,25,26,30,32). The first-order valence-electron chi connectivity index (χ1n) is 10.7. The zero-order valence-corrected chi connectivity index (χ0v) is 19.6. The number of benzene rings is 2. The summed E-state index contributed by atoms with van der Waals surface area (Å²) in [5.41, 5.74) is 2.38. The number of hydrogen-bond donors (Lipinski definition) is 2. The monoisotopic (exact) mass is 454 g/mol. The minimum absolute atomic E-state index is 0.232. The van der Waals surface area contributed by atoms with E-state index in [1.165, 1.54) is 0 Å². The minimum Gasteiger partial charge on any atom is -0.497 e. The van der Waals surface area contributed by atoms with E-state index in [1.807, 2.05) is 29.2 Å². The van der Waals surface area contributed by atoms with Gasteiger partial charge in [0.1, 0.15) is 5.75 Å². The fraction of sp³-hybridized carbons (Fsp3) is 0.375. The molecule has 8 heteroatoms. The molecule has 0 bridgehead atoms. The molecular formula is C24H30N4O3S. The van der Waals surface area contributed by atoms with Crippen molar-refractivity contribution in [3.8, 4) is 5.75 Å². The molecule has 1 saturated heterocycles. The molecule has 32 heavy (non-hydrogen) atoms. The Balaban J connectivity index is 1.48. The average molecular weight is 455 g/mol. The first kappa shape index (κ1) is 23.5. The first-order chi connectivity index (χ1) is 15.4. The number of rotatable bonds is 6. The Bertz CT molecular complexity index is 937. The Morgan fingerprint density at radius 2 is 1.62 bits per heavy atom. The van der Waals surface area contributed by atoms with E-state index in [0.29, 0.717) is 23.7 Å². The SMILES string of the molecule is COc1ccc(C(=O)NC(=S)Nc2ccc(N3CCN(C(=O)CC(C)C)CC3)cc2)cc1. The highest BCUT2D eigenvalue weighted by molar-refractivity contribution is 7.80. The zero-order chi connectivity index (χ0) is 23.1. The summed E-state index contributed by atoms with van der Waals surface area (Å²) in [7, 11) is 1.58. The summed E-state index contributed by atoms with van der Waals surface area (Å²) in [5.74, 6) is 1.02. The van der Waals surface area contributed by atoms with Crippen molar-refractivity contribution in [3.05, 3.63) is 54.1 Å². The molecule has 3 rings (SSSR count). The van der Waals surface area contributed by atoms with Gasteiger partial charge in [-0.3, -0.25) is 14.9 Å². The number of amides is 2. The van der Waals surface area contributed by atoms with Crippen LogP contribution in [0.2, 0.25) is 0 Å². The number of carbonyl (C=O) groups is 2. The third-order valence-electron chi connectivity index (χ3n) is 5.28. The van der Waals surface area contributed by atoms with E-state index >= 15 is 0 Å². The van der Waals surface area contributed by atoms with Crippen molar-refractivity contribution < 1.29 is 14.3 Å². The van der Waals surface area contributed by atoms with Crippen LogP contribution in [-0.4, -0.2) is 55.1 Å². The molecule has 1 aliphatic rings. The van der Waals surface area contributed by atoms with Gasteiger partial charge < -0.3 is 19.9 Å². The van der Waals surface area contributed by atoms with Crippen LogP contribution in [0.5, 0.6) is 5.75 Å². The Hall–Kier alpha value is -3.13. The maximum Gasteiger partial charge on any atom is 0.257 e. The minimum atomic E-state index is -0.286. The molecule has 1 heterocycles. The summed E-state index contributed by atoms with van der Waals surface area (Å²) in [6.07, 6.45) is 0.606. The van der Waals surface area contributed by atoms with Gasteiger partial charge in [-0.15, -0.1) is 0 Å². The van der Waals surface area contributed by atoms with Gasteiger partial charge in [-0.1, -0.05) is 13.8 Å². The number of anilines is 2. The number of ether oxygens (including phenoxy) is 1. The van der Waals surface area contributed by atoms with E-state index in [9.17, 15) is 9.59 Å². The van der Waals surface area contributed by atoms with E-state index in [1.54, 1.807) is 31.4 Å². The Morgan fingerprint density at radius 1 is 1.00 bits per heavy atom. The molecule has 2 aromatic carbocycles. The number of carbonyl (C=O) groups excluding carboxylic acids is 2. The van der Waals surface area contributed by atoms with Crippen molar-refractivity contribution in [1.29, 1.82) is 0 Å². The average Bonchev–Trinajstić information content (AvgIpc) is 2.79. The molecule has 7 nitrogen and oxygen atoms in total. The number of thiocarbonyl (C=S) groups is 1. The first-order valence-corrected chi connectivity index (χ1v) is 11.2. The lowest BCUT2D eigenvalue weighted by molar-refractivity contribution is -0.132. The highest BCUT2D eigenvalue weighted by Crippen LogP contribution is 2.20. The molecule has 1 fully saturated rings. The maximum atomic E-state index is 12.3. The summed E-state index contributed by atoms with van der Waals surface area (Å²) in [6.45, 7) is 7.25. The van der Waals surface area contributed by atoms with Crippen molar-refractivity contribution >= 4 is 40.5 Å². The molecule has 1 aliphatic heterocycles.